The van der Waals surface area contributed by atoms with Crippen LogP contribution < -0.4 is 5.73 Å². The van der Waals surface area contributed by atoms with Crippen molar-refractivity contribution in [3.05, 3.63) is 46.6 Å². The van der Waals surface area contributed by atoms with Crippen molar-refractivity contribution in [2.24, 2.45) is 0 Å². The monoisotopic (exact) mass is 278 g/mol. The third-order valence-electron chi connectivity index (χ3n) is 2.59. The molecule has 6 heteroatoms. The number of hydrogen-bond acceptors (Lipinski definition) is 3. The summed E-state index contributed by atoms with van der Waals surface area (Å²) in [7, 11) is 0. The van der Waals surface area contributed by atoms with Crippen molar-refractivity contribution in [2.45, 2.75) is 0 Å². The van der Waals surface area contributed by atoms with Crippen molar-refractivity contribution < 1.29 is 0 Å². The van der Waals surface area contributed by atoms with Gasteiger partial charge in [0.1, 0.15) is 5.69 Å². The number of nitrogens with two attached hydrogens (primary N) is 1. The molecule has 0 aliphatic heterocycles. The smallest absolute Gasteiger partial charge is 0.238 e. The number of fused-ring (bicyclic) bond motifs is 1. The van der Waals surface area contributed by atoms with Gasteiger partial charge in [0.15, 0.2) is 0 Å². The Bertz CT molecular complexity index is 736. The normalized spacial score (nSPS) is 11.0. The molecule has 2 aromatic heterocycles. The molecule has 0 unspecified atom stereocenters. The number of halogens is 2. The number of hydrogen-bond donors (Lipinski definition) is 1. The number of nitrogens with zero attached hydrogens (tertiary/aromatic N) is 3. The molecule has 4 nitrogen and oxygen atoms in total. The predicted octanol–water partition coefficient (Wildman–Crippen LogP) is 3.29. The Morgan fingerprint density at radius 3 is 2.78 bits per heavy atom. The third-order valence-corrected chi connectivity index (χ3v) is 3.14. The first-order valence-corrected chi connectivity index (χ1v) is 5.97. The molecule has 0 spiro atoms. The summed E-state index contributed by atoms with van der Waals surface area (Å²) in [4.78, 5) is 4.25. The zero-order valence-corrected chi connectivity index (χ0v) is 10.7. The fourth-order valence-corrected chi connectivity index (χ4v) is 2.33. The first kappa shape index (κ1) is 11.3. The fraction of sp³-hybridized carbons (Fsp3) is 0. The van der Waals surface area contributed by atoms with Crippen molar-refractivity contribution in [1.82, 2.24) is 14.6 Å². The van der Waals surface area contributed by atoms with E-state index in [2.05, 4.69) is 10.1 Å². The Morgan fingerprint density at radius 2 is 2.00 bits per heavy atom. The van der Waals surface area contributed by atoms with Gasteiger partial charge in [-0.2, -0.15) is 0 Å². The summed E-state index contributed by atoms with van der Waals surface area (Å²) < 4.78 is 1.67. The third kappa shape index (κ3) is 1.79. The van der Waals surface area contributed by atoms with Crippen molar-refractivity contribution in [3.63, 3.8) is 0 Å². The quantitative estimate of drug-likeness (QED) is 0.743. The first-order valence-electron chi connectivity index (χ1n) is 5.21. The molecule has 0 aliphatic rings. The van der Waals surface area contributed by atoms with Gasteiger partial charge >= 0.3 is 0 Å². The molecule has 0 fully saturated rings. The Labute approximate surface area is 113 Å². The minimum Gasteiger partial charge on any atom is -0.367 e. The Kier molecular flexibility index (Phi) is 2.61. The lowest BCUT2D eigenvalue weighted by atomic mass is 10.1. The summed E-state index contributed by atoms with van der Waals surface area (Å²) in [6.07, 6.45) is 1.81. The van der Waals surface area contributed by atoms with E-state index in [1.165, 1.54) is 0 Å². The highest BCUT2D eigenvalue weighted by Gasteiger charge is 2.11. The van der Waals surface area contributed by atoms with E-state index in [4.69, 9.17) is 28.9 Å². The van der Waals surface area contributed by atoms with Crippen LogP contribution in [0.1, 0.15) is 0 Å². The Morgan fingerprint density at radius 1 is 1.17 bits per heavy atom. The van der Waals surface area contributed by atoms with Crippen LogP contribution in [0.5, 0.6) is 0 Å². The lowest BCUT2D eigenvalue weighted by Crippen LogP contribution is -2.02. The van der Waals surface area contributed by atoms with Crippen molar-refractivity contribution in [3.8, 4) is 11.3 Å². The zero-order chi connectivity index (χ0) is 12.7. The molecule has 0 aliphatic carbocycles. The van der Waals surface area contributed by atoms with Crippen LogP contribution in [0.3, 0.4) is 0 Å². The van der Waals surface area contributed by atoms with Gasteiger partial charge in [-0.1, -0.05) is 23.2 Å². The second kappa shape index (κ2) is 4.15. The lowest BCUT2D eigenvalue weighted by molar-refractivity contribution is 0.920. The molecule has 0 bridgehead atoms. The van der Waals surface area contributed by atoms with E-state index in [-0.39, 0.29) is 5.95 Å². The van der Waals surface area contributed by atoms with Crippen LogP contribution in [0.4, 0.5) is 5.95 Å². The highest BCUT2D eigenvalue weighted by molar-refractivity contribution is 6.36. The summed E-state index contributed by atoms with van der Waals surface area (Å²) in [6, 6.07) is 9.03. The molecule has 90 valence electrons. The number of aromatic nitrogens is 3. The largest absolute Gasteiger partial charge is 0.367 e. The molecule has 0 amide bonds. The molecule has 2 heterocycles. The van der Waals surface area contributed by atoms with Crippen LogP contribution in [0, 0.1) is 0 Å². The molecule has 0 saturated heterocycles. The number of benzene rings is 1. The second-order valence-corrected chi connectivity index (χ2v) is 4.62. The van der Waals surface area contributed by atoms with Gasteiger partial charge in [-0.3, -0.25) is 0 Å². The Balaban J connectivity index is 2.33. The van der Waals surface area contributed by atoms with Gasteiger partial charge in [0.25, 0.3) is 0 Å². The summed E-state index contributed by atoms with van der Waals surface area (Å²) in [5.41, 5.74) is 8.00. The lowest BCUT2D eigenvalue weighted by Gasteiger charge is -2.07. The molecular formula is C12H8Cl2N4. The average molecular weight is 279 g/mol. The second-order valence-electron chi connectivity index (χ2n) is 3.78. The number of anilines is 1. The van der Waals surface area contributed by atoms with Crippen LogP contribution in [0.15, 0.2) is 36.5 Å². The first-order chi connectivity index (χ1) is 8.65. The van der Waals surface area contributed by atoms with E-state index >= 15 is 0 Å². The molecule has 18 heavy (non-hydrogen) atoms. The number of rotatable bonds is 1. The molecule has 0 atom stereocenters. The van der Waals surface area contributed by atoms with E-state index in [1.807, 2.05) is 18.2 Å². The van der Waals surface area contributed by atoms with Crippen LogP contribution in [-0.2, 0) is 0 Å². The maximum atomic E-state index is 6.19. The molecule has 2 N–H and O–H groups in total. The highest BCUT2D eigenvalue weighted by atomic mass is 35.5. The number of nitrogen functional groups attached to an aromatic ring is 1. The van der Waals surface area contributed by atoms with E-state index in [1.54, 1.807) is 22.8 Å². The molecule has 3 aromatic rings. The van der Waals surface area contributed by atoms with Gasteiger partial charge in [-0.25, -0.2) is 9.50 Å². The van der Waals surface area contributed by atoms with E-state index in [0.717, 1.165) is 11.1 Å². The van der Waals surface area contributed by atoms with Crippen LogP contribution >= 0.6 is 23.2 Å². The SMILES string of the molecule is Nc1nc(-c2ccc(Cl)cc2Cl)c2cccn2n1. The van der Waals surface area contributed by atoms with Gasteiger partial charge in [0.05, 0.1) is 10.5 Å². The van der Waals surface area contributed by atoms with Gasteiger partial charge in [0.2, 0.25) is 5.95 Å². The molecular weight excluding hydrogens is 271 g/mol. The van der Waals surface area contributed by atoms with Gasteiger partial charge in [0, 0.05) is 16.8 Å². The van der Waals surface area contributed by atoms with Crippen molar-refractivity contribution in [2.75, 3.05) is 5.73 Å². The minimum absolute atomic E-state index is 0.194. The van der Waals surface area contributed by atoms with Crippen molar-refractivity contribution in [1.29, 1.82) is 0 Å². The zero-order valence-electron chi connectivity index (χ0n) is 9.14. The van der Waals surface area contributed by atoms with Gasteiger partial charge in [-0.05, 0) is 30.3 Å². The van der Waals surface area contributed by atoms with Crippen LogP contribution in [0.2, 0.25) is 10.0 Å². The standard InChI is InChI=1S/C12H8Cl2N4/c13-7-3-4-8(9(14)6-7)11-10-2-1-5-18(10)17-12(15)16-11/h1-6H,(H2,15,17). The average Bonchev–Trinajstić information content (AvgIpc) is 2.76. The summed E-state index contributed by atoms with van der Waals surface area (Å²) >= 11 is 12.1. The van der Waals surface area contributed by atoms with E-state index in [0.29, 0.717) is 15.7 Å². The maximum Gasteiger partial charge on any atom is 0.238 e. The summed E-state index contributed by atoms with van der Waals surface area (Å²) in [6.45, 7) is 0. The fourth-order valence-electron chi connectivity index (χ4n) is 1.83. The van der Waals surface area contributed by atoms with E-state index < -0.39 is 0 Å². The summed E-state index contributed by atoms with van der Waals surface area (Å²) in [5.74, 6) is 0.194. The topological polar surface area (TPSA) is 56.2 Å². The van der Waals surface area contributed by atoms with E-state index in [9.17, 15) is 0 Å². The van der Waals surface area contributed by atoms with Gasteiger partial charge < -0.3 is 5.73 Å². The molecule has 0 radical (unpaired) electrons. The van der Waals surface area contributed by atoms with Crippen LogP contribution in [-0.4, -0.2) is 14.6 Å². The maximum absolute atomic E-state index is 6.19. The minimum atomic E-state index is 0.194. The summed E-state index contributed by atoms with van der Waals surface area (Å²) in [5, 5.41) is 5.20. The highest BCUT2D eigenvalue weighted by Crippen LogP contribution is 2.31. The van der Waals surface area contributed by atoms with Crippen molar-refractivity contribution >= 4 is 34.7 Å². The molecule has 3 rings (SSSR count). The molecule has 0 saturated carbocycles. The molecule has 1 aromatic carbocycles. The Hall–Kier alpha value is -1.78. The van der Waals surface area contributed by atoms with Crippen LogP contribution in [0.25, 0.3) is 16.8 Å². The predicted molar refractivity (Wildman–Crippen MR) is 72.9 cm³/mol. The van der Waals surface area contributed by atoms with Gasteiger partial charge in [-0.15, -0.1) is 5.10 Å².